The molecule has 0 radical (unpaired) electrons. The molecule has 0 spiro atoms. The number of likely N-dealkylation sites (N-methyl/N-ethyl adjacent to an activating group) is 1. The molecule has 2 aliphatic rings. The molecule has 5 heteroatoms. The second-order valence-corrected chi connectivity index (χ2v) is 6.86. The van der Waals surface area contributed by atoms with Crippen molar-refractivity contribution < 1.29 is 4.79 Å². The number of likely N-dealkylation sites (tertiary alicyclic amines) is 2. The lowest BCUT2D eigenvalue weighted by atomic mass is 10.0. The number of imidazole rings is 1. The van der Waals surface area contributed by atoms with Crippen molar-refractivity contribution in [1.29, 1.82) is 0 Å². The number of aromatic nitrogens is 2. The first kappa shape index (κ1) is 14.7. The Kier molecular flexibility index (Phi) is 3.81. The van der Waals surface area contributed by atoms with Crippen molar-refractivity contribution in [3.05, 3.63) is 36.3 Å². The normalized spacial score (nSPS) is 25.5. The first-order valence-corrected chi connectivity index (χ1v) is 8.65. The van der Waals surface area contributed by atoms with Crippen molar-refractivity contribution in [1.82, 2.24) is 19.2 Å². The first-order valence-electron chi connectivity index (χ1n) is 8.65. The molecule has 23 heavy (non-hydrogen) atoms. The molecule has 4 rings (SSSR count). The van der Waals surface area contributed by atoms with Gasteiger partial charge in [0.2, 0.25) is 5.91 Å². The van der Waals surface area contributed by atoms with E-state index >= 15 is 0 Å². The van der Waals surface area contributed by atoms with Crippen LogP contribution in [0.25, 0.3) is 5.65 Å². The summed E-state index contributed by atoms with van der Waals surface area (Å²) in [7, 11) is 2.20. The van der Waals surface area contributed by atoms with Gasteiger partial charge in [0.05, 0.1) is 12.1 Å². The highest BCUT2D eigenvalue weighted by Crippen LogP contribution is 2.29. The Hall–Kier alpha value is -1.88. The largest absolute Gasteiger partial charge is 0.338 e. The molecule has 2 aromatic rings. The zero-order valence-electron chi connectivity index (χ0n) is 13.7. The summed E-state index contributed by atoms with van der Waals surface area (Å²) >= 11 is 0. The zero-order chi connectivity index (χ0) is 15.8. The Morgan fingerprint density at radius 1 is 1.22 bits per heavy atom. The van der Waals surface area contributed by atoms with Crippen molar-refractivity contribution in [2.45, 2.75) is 44.2 Å². The van der Waals surface area contributed by atoms with Gasteiger partial charge < -0.3 is 14.2 Å². The van der Waals surface area contributed by atoms with Crippen molar-refractivity contribution >= 4 is 11.6 Å². The molecule has 0 saturated carbocycles. The summed E-state index contributed by atoms with van der Waals surface area (Å²) in [4.78, 5) is 21.9. The number of hydrogen-bond acceptors (Lipinski definition) is 3. The van der Waals surface area contributed by atoms with E-state index in [0.717, 1.165) is 37.3 Å². The van der Waals surface area contributed by atoms with E-state index in [0.29, 0.717) is 18.5 Å². The number of carbonyl (C=O) groups excluding carboxylic acids is 1. The SMILES string of the molecule is CN1CCCC1C1CCCN1C(=O)Cc1cn2ccccc2n1. The summed E-state index contributed by atoms with van der Waals surface area (Å²) in [5.41, 5.74) is 1.77. The lowest BCUT2D eigenvalue weighted by Gasteiger charge is -2.33. The van der Waals surface area contributed by atoms with Crippen LogP contribution in [0.5, 0.6) is 0 Å². The minimum atomic E-state index is 0.233. The zero-order valence-corrected chi connectivity index (χ0v) is 13.7. The molecular weight excluding hydrogens is 288 g/mol. The van der Waals surface area contributed by atoms with Crippen LogP contribution in [0, 0.1) is 0 Å². The molecule has 0 aromatic carbocycles. The molecule has 2 unspecified atom stereocenters. The molecule has 0 N–H and O–H groups in total. The fourth-order valence-corrected chi connectivity index (χ4v) is 4.25. The van der Waals surface area contributed by atoms with Crippen molar-refractivity contribution in [2.75, 3.05) is 20.1 Å². The van der Waals surface area contributed by atoms with Crippen LogP contribution in [0.2, 0.25) is 0 Å². The van der Waals surface area contributed by atoms with Crippen LogP contribution in [0.15, 0.2) is 30.6 Å². The van der Waals surface area contributed by atoms with E-state index in [1.165, 1.54) is 12.8 Å². The number of rotatable bonds is 3. The Labute approximate surface area is 136 Å². The molecular formula is C18H24N4O. The maximum atomic E-state index is 12.8. The van der Waals surface area contributed by atoms with E-state index in [1.54, 1.807) is 0 Å². The van der Waals surface area contributed by atoms with Gasteiger partial charge in [-0.2, -0.15) is 0 Å². The number of fused-ring (bicyclic) bond motifs is 1. The Morgan fingerprint density at radius 3 is 2.83 bits per heavy atom. The highest BCUT2D eigenvalue weighted by atomic mass is 16.2. The molecule has 0 bridgehead atoms. The number of carbonyl (C=O) groups is 1. The average molecular weight is 312 g/mol. The third kappa shape index (κ3) is 2.74. The maximum absolute atomic E-state index is 12.8. The molecule has 2 aliphatic heterocycles. The highest BCUT2D eigenvalue weighted by Gasteiger charge is 2.38. The Morgan fingerprint density at radius 2 is 2.04 bits per heavy atom. The van der Waals surface area contributed by atoms with Crippen LogP contribution < -0.4 is 0 Å². The van der Waals surface area contributed by atoms with Crippen LogP contribution in [0.4, 0.5) is 0 Å². The van der Waals surface area contributed by atoms with Gasteiger partial charge in [0.25, 0.3) is 0 Å². The third-order valence-electron chi connectivity index (χ3n) is 5.39. The monoisotopic (exact) mass is 312 g/mol. The van der Waals surface area contributed by atoms with E-state index in [2.05, 4.69) is 21.8 Å². The van der Waals surface area contributed by atoms with E-state index in [4.69, 9.17) is 0 Å². The minimum Gasteiger partial charge on any atom is -0.338 e. The van der Waals surface area contributed by atoms with E-state index in [9.17, 15) is 4.79 Å². The van der Waals surface area contributed by atoms with Gasteiger partial charge in [0.15, 0.2) is 0 Å². The van der Waals surface area contributed by atoms with Gasteiger partial charge in [0, 0.05) is 31.0 Å². The fourth-order valence-electron chi connectivity index (χ4n) is 4.25. The van der Waals surface area contributed by atoms with Gasteiger partial charge in [-0.25, -0.2) is 4.98 Å². The van der Waals surface area contributed by atoms with Crippen molar-refractivity contribution in [2.24, 2.45) is 0 Å². The first-order chi connectivity index (χ1) is 11.2. The standard InChI is InChI=1S/C18H24N4O/c1-20-9-4-6-15(20)16-7-5-11-22(16)18(23)12-14-13-21-10-3-2-8-17(21)19-14/h2-3,8,10,13,15-16H,4-7,9,11-12H2,1H3. The number of hydrogen-bond donors (Lipinski definition) is 0. The lowest BCUT2D eigenvalue weighted by molar-refractivity contribution is -0.132. The molecule has 4 heterocycles. The Bertz CT molecular complexity index is 677. The summed E-state index contributed by atoms with van der Waals surface area (Å²) in [6, 6.07) is 6.86. The van der Waals surface area contributed by atoms with E-state index in [1.807, 2.05) is 35.0 Å². The lowest BCUT2D eigenvalue weighted by Crippen LogP contribution is -2.47. The summed E-state index contributed by atoms with van der Waals surface area (Å²) in [5, 5.41) is 0. The number of amides is 1. The number of pyridine rings is 1. The number of nitrogens with zero attached hydrogens (tertiary/aromatic N) is 4. The van der Waals surface area contributed by atoms with Gasteiger partial charge in [-0.15, -0.1) is 0 Å². The van der Waals surface area contributed by atoms with Crippen LogP contribution in [-0.4, -0.2) is 57.3 Å². The van der Waals surface area contributed by atoms with Crippen molar-refractivity contribution in [3.63, 3.8) is 0 Å². The molecule has 2 fully saturated rings. The summed E-state index contributed by atoms with van der Waals surface area (Å²) < 4.78 is 1.98. The summed E-state index contributed by atoms with van der Waals surface area (Å²) in [6.07, 6.45) is 9.11. The third-order valence-corrected chi connectivity index (χ3v) is 5.39. The molecule has 2 atom stereocenters. The fraction of sp³-hybridized carbons (Fsp3) is 0.556. The quantitative estimate of drug-likeness (QED) is 0.870. The maximum Gasteiger partial charge on any atom is 0.228 e. The topological polar surface area (TPSA) is 40.9 Å². The highest BCUT2D eigenvalue weighted by molar-refractivity contribution is 5.79. The van der Waals surface area contributed by atoms with Crippen LogP contribution in [0.3, 0.4) is 0 Å². The second kappa shape index (κ2) is 5.96. The molecule has 5 nitrogen and oxygen atoms in total. The van der Waals surface area contributed by atoms with Crippen molar-refractivity contribution in [3.8, 4) is 0 Å². The molecule has 2 aromatic heterocycles. The summed E-state index contributed by atoms with van der Waals surface area (Å²) in [5.74, 6) is 0.233. The average Bonchev–Trinajstić information content (AvgIpc) is 3.24. The molecule has 2 saturated heterocycles. The smallest absolute Gasteiger partial charge is 0.228 e. The van der Waals surface area contributed by atoms with Gasteiger partial charge in [0.1, 0.15) is 5.65 Å². The van der Waals surface area contributed by atoms with Gasteiger partial charge >= 0.3 is 0 Å². The molecule has 122 valence electrons. The predicted octanol–water partition coefficient (Wildman–Crippen LogP) is 1.96. The van der Waals surface area contributed by atoms with Gasteiger partial charge in [-0.05, 0) is 51.4 Å². The van der Waals surface area contributed by atoms with Crippen LogP contribution in [-0.2, 0) is 11.2 Å². The summed E-state index contributed by atoms with van der Waals surface area (Å²) in [6.45, 7) is 2.07. The van der Waals surface area contributed by atoms with Gasteiger partial charge in [-0.1, -0.05) is 6.07 Å². The van der Waals surface area contributed by atoms with Gasteiger partial charge in [-0.3, -0.25) is 4.79 Å². The van der Waals surface area contributed by atoms with E-state index < -0.39 is 0 Å². The van der Waals surface area contributed by atoms with E-state index in [-0.39, 0.29) is 5.91 Å². The van der Waals surface area contributed by atoms with Crippen LogP contribution in [0.1, 0.15) is 31.4 Å². The minimum absolute atomic E-state index is 0.233. The Balaban J connectivity index is 1.49. The van der Waals surface area contributed by atoms with Crippen LogP contribution >= 0.6 is 0 Å². The molecule has 1 amide bonds. The second-order valence-electron chi connectivity index (χ2n) is 6.86. The predicted molar refractivity (Wildman–Crippen MR) is 89.3 cm³/mol. The molecule has 0 aliphatic carbocycles.